The van der Waals surface area contributed by atoms with E-state index in [1.165, 1.54) is 6.07 Å². The van der Waals surface area contributed by atoms with Crippen LogP contribution in [0, 0.1) is 23.3 Å². The molecule has 5 heteroatoms. The van der Waals surface area contributed by atoms with Gasteiger partial charge in [-0.15, -0.1) is 0 Å². The number of benzene rings is 4. The first-order chi connectivity index (χ1) is 16.9. The molecule has 0 unspecified atom stereocenters. The molecule has 182 valence electrons. The maximum Gasteiger partial charge on any atom is 0.159 e. The summed E-state index contributed by atoms with van der Waals surface area (Å²) in [5.41, 5.74) is 3.79. The first-order valence-electron chi connectivity index (χ1n) is 11.8. The smallest absolute Gasteiger partial charge is 0.159 e. The Morgan fingerprint density at radius 3 is 1.94 bits per heavy atom. The third-order valence-electron chi connectivity index (χ3n) is 6.38. The molecule has 0 aliphatic heterocycles. The highest BCUT2D eigenvalue weighted by Crippen LogP contribution is 2.25. The van der Waals surface area contributed by atoms with Crippen LogP contribution >= 0.6 is 0 Å². The number of halogens is 4. The molecule has 35 heavy (non-hydrogen) atoms. The highest BCUT2D eigenvalue weighted by molar-refractivity contribution is 5.84. The van der Waals surface area contributed by atoms with Crippen LogP contribution in [0.25, 0.3) is 10.8 Å². The largest absolute Gasteiger partial charge is 0.385 e. The van der Waals surface area contributed by atoms with Crippen molar-refractivity contribution < 1.29 is 22.3 Å². The Balaban J connectivity index is 1.41. The van der Waals surface area contributed by atoms with Crippen molar-refractivity contribution in [3.8, 4) is 0 Å². The van der Waals surface area contributed by atoms with E-state index in [2.05, 4.69) is 0 Å². The molecule has 4 aromatic carbocycles. The van der Waals surface area contributed by atoms with Crippen LogP contribution in [0.15, 0.2) is 66.7 Å². The van der Waals surface area contributed by atoms with E-state index in [-0.39, 0.29) is 11.6 Å². The highest BCUT2D eigenvalue weighted by Gasteiger charge is 2.11. The number of methoxy groups -OCH3 is 1. The summed E-state index contributed by atoms with van der Waals surface area (Å²) in [5.74, 6) is -2.28. The molecule has 0 amide bonds. The fourth-order valence-corrected chi connectivity index (χ4v) is 4.36. The van der Waals surface area contributed by atoms with Gasteiger partial charge in [0.1, 0.15) is 11.6 Å². The minimum absolute atomic E-state index is 0.197. The van der Waals surface area contributed by atoms with Crippen LogP contribution < -0.4 is 0 Å². The van der Waals surface area contributed by atoms with Gasteiger partial charge in [0.15, 0.2) is 11.6 Å². The van der Waals surface area contributed by atoms with Crippen LogP contribution in [0.5, 0.6) is 0 Å². The van der Waals surface area contributed by atoms with Gasteiger partial charge >= 0.3 is 0 Å². The second kappa shape index (κ2) is 11.5. The topological polar surface area (TPSA) is 9.23 Å². The van der Waals surface area contributed by atoms with Crippen LogP contribution in [0.4, 0.5) is 17.6 Å². The van der Waals surface area contributed by atoms with Crippen LogP contribution in [0.2, 0.25) is 0 Å². The van der Waals surface area contributed by atoms with E-state index in [4.69, 9.17) is 4.74 Å². The molecular weight excluding hydrogens is 452 g/mol. The minimum Gasteiger partial charge on any atom is -0.385 e. The van der Waals surface area contributed by atoms with Crippen molar-refractivity contribution in [1.82, 2.24) is 0 Å². The van der Waals surface area contributed by atoms with Gasteiger partial charge in [0.2, 0.25) is 0 Å². The maximum atomic E-state index is 15.1. The van der Waals surface area contributed by atoms with E-state index >= 15 is 4.39 Å². The molecule has 0 heterocycles. The van der Waals surface area contributed by atoms with Crippen molar-refractivity contribution in [3.05, 3.63) is 118 Å². The van der Waals surface area contributed by atoms with E-state index in [1.54, 1.807) is 25.3 Å². The highest BCUT2D eigenvalue weighted by atomic mass is 19.2. The van der Waals surface area contributed by atoms with Gasteiger partial charge in [-0.1, -0.05) is 48.5 Å². The van der Waals surface area contributed by atoms with Gasteiger partial charge in [-0.2, -0.15) is 0 Å². The normalized spacial score (nSPS) is 11.3. The number of rotatable bonds is 10. The molecule has 0 aliphatic rings. The molecule has 0 N–H and O–H groups in total. The number of aryl methyl sites for hydroxylation is 5. The van der Waals surface area contributed by atoms with Gasteiger partial charge in [0, 0.05) is 19.1 Å². The molecule has 0 spiro atoms. The maximum absolute atomic E-state index is 15.1. The minimum atomic E-state index is -0.896. The van der Waals surface area contributed by atoms with E-state index in [1.807, 2.05) is 30.3 Å². The standard InChI is InChI=1S/C30H28F4O/c1-35-16-2-3-20-4-9-23(28(32)18-20)10-5-21-7-14-26-25(17-21)13-12-24(30(26)34)11-6-22-8-15-27(31)29(33)19-22/h4,7-9,12-15,17-19H,2-3,5-6,10-11,16H2,1H3. The van der Waals surface area contributed by atoms with Crippen molar-refractivity contribution in [2.45, 2.75) is 38.5 Å². The molecule has 0 atom stereocenters. The van der Waals surface area contributed by atoms with Crippen molar-refractivity contribution in [2.75, 3.05) is 13.7 Å². The summed E-state index contributed by atoms with van der Waals surface area (Å²) >= 11 is 0. The Bertz CT molecular complexity index is 1320. The molecular formula is C30H28F4O. The Morgan fingerprint density at radius 1 is 0.571 bits per heavy atom. The van der Waals surface area contributed by atoms with Gasteiger partial charge in [0.05, 0.1) is 0 Å². The summed E-state index contributed by atoms with van der Waals surface area (Å²) in [6.45, 7) is 0.654. The quantitative estimate of drug-likeness (QED) is 0.168. The molecule has 4 rings (SSSR count). The summed E-state index contributed by atoms with van der Waals surface area (Å²) in [7, 11) is 1.66. The van der Waals surface area contributed by atoms with E-state index in [0.29, 0.717) is 54.4 Å². The fourth-order valence-electron chi connectivity index (χ4n) is 4.36. The first kappa shape index (κ1) is 24.9. The number of hydrogen-bond acceptors (Lipinski definition) is 1. The molecule has 0 bridgehead atoms. The van der Waals surface area contributed by atoms with Crippen molar-refractivity contribution in [2.24, 2.45) is 0 Å². The van der Waals surface area contributed by atoms with Crippen LogP contribution in [-0.4, -0.2) is 13.7 Å². The van der Waals surface area contributed by atoms with E-state index < -0.39 is 11.6 Å². The third-order valence-corrected chi connectivity index (χ3v) is 6.38. The zero-order chi connectivity index (χ0) is 24.8. The summed E-state index contributed by atoms with van der Waals surface area (Å²) in [6, 6.07) is 18.4. The predicted octanol–water partition coefficient (Wildman–Crippen LogP) is 7.55. The monoisotopic (exact) mass is 480 g/mol. The van der Waals surface area contributed by atoms with Gasteiger partial charge < -0.3 is 4.74 Å². The summed E-state index contributed by atoms with van der Waals surface area (Å²) < 4.78 is 61.2. The molecule has 1 nitrogen and oxygen atoms in total. The lowest BCUT2D eigenvalue weighted by Crippen LogP contribution is -1.99. The van der Waals surface area contributed by atoms with E-state index in [9.17, 15) is 13.2 Å². The second-order valence-electron chi connectivity index (χ2n) is 8.86. The Labute approximate surface area is 203 Å². The molecule has 0 saturated heterocycles. The zero-order valence-corrected chi connectivity index (χ0v) is 19.7. The number of hydrogen-bond donors (Lipinski definition) is 0. The Kier molecular flexibility index (Phi) is 8.19. The molecule has 4 aromatic rings. The number of ether oxygens (including phenoxy) is 1. The lowest BCUT2D eigenvalue weighted by molar-refractivity contribution is 0.195. The van der Waals surface area contributed by atoms with E-state index in [0.717, 1.165) is 41.5 Å². The summed E-state index contributed by atoms with van der Waals surface area (Å²) in [5, 5.41) is 1.30. The molecule has 0 aromatic heterocycles. The van der Waals surface area contributed by atoms with Crippen LogP contribution in [0.3, 0.4) is 0 Å². The van der Waals surface area contributed by atoms with Gasteiger partial charge in [-0.05, 0) is 89.9 Å². The molecule has 0 fully saturated rings. The van der Waals surface area contributed by atoms with Crippen molar-refractivity contribution in [3.63, 3.8) is 0 Å². The van der Waals surface area contributed by atoms with Crippen LogP contribution in [-0.2, 0) is 36.8 Å². The van der Waals surface area contributed by atoms with Gasteiger partial charge in [0.25, 0.3) is 0 Å². The van der Waals surface area contributed by atoms with Crippen molar-refractivity contribution in [1.29, 1.82) is 0 Å². The fraction of sp³-hybridized carbons (Fsp3) is 0.267. The Hall–Kier alpha value is -3.18. The molecule has 0 radical (unpaired) electrons. The number of fused-ring (bicyclic) bond motifs is 1. The average Bonchev–Trinajstić information content (AvgIpc) is 2.85. The molecule has 0 aliphatic carbocycles. The SMILES string of the molecule is COCCCc1ccc(CCc2ccc3c(F)c(CCc4ccc(F)c(F)c4)ccc3c2)c(F)c1. The van der Waals surface area contributed by atoms with Crippen LogP contribution in [0.1, 0.15) is 34.2 Å². The average molecular weight is 481 g/mol. The van der Waals surface area contributed by atoms with Gasteiger partial charge in [-0.25, -0.2) is 17.6 Å². The lowest BCUT2D eigenvalue weighted by Gasteiger charge is -2.10. The molecule has 0 saturated carbocycles. The predicted molar refractivity (Wildman–Crippen MR) is 132 cm³/mol. The zero-order valence-electron chi connectivity index (χ0n) is 19.7. The Morgan fingerprint density at radius 2 is 1.20 bits per heavy atom. The first-order valence-corrected chi connectivity index (χ1v) is 11.8. The van der Waals surface area contributed by atoms with Gasteiger partial charge in [-0.3, -0.25) is 0 Å². The summed E-state index contributed by atoms with van der Waals surface area (Å²) in [6.07, 6.45) is 3.64. The second-order valence-corrected chi connectivity index (χ2v) is 8.86. The summed E-state index contributed by atoms with van der Waals surface area (Å²) in [4.78, 5) is 0. The lowest BCUT2D eigenvalue weighted by atomic mass is 9.97. The third kappa shape index (κ3) is 6.29. The van der Waals surface area contributed by atoms with Crippen molar-refractivity contribution >= 4 is 10.8 Å².